The van der Waals surface area contributed by atoms with Gasteiger partial charge in [0.1, 0.15) is 5.82 Å². The number of nitrogens with zero attached hydrogens (tertiary/aromatic N) is 1. The predicted molar refractivity (Wildman–Crippen MR) is 75.3 cm³/mol. The van der Waals surface area contributed by atoms with Gasteiger partial charge in [-0.05, 0) is 38.1 Å². The van der Waals surface area contributed by atoms with E-state index < -0.39 is 23.6 Å². The largest absolute Gasteiger partial charge is 0.416 e. The molecule has 120 valence electrons. The van der Waals surface area contributed by atoms with E-state index in [9.17, 15) is 17.6 Å². The third-order valence-corrected chi connectivity index (χ3v) is 3.80. The van der Waals surface area contributed by atoms with E-state index in [4.69, 9.17) is 5.73 Å². The Bertz CT molecular complexity index is 459. The van der Waals surface area contributed by atoms with Crippen LogP contribution in [0.15, 0.2) is 18.2 Å². The number of hydrogen-bond donors (Lipinski definition) is 1. The van der Waals surface area contributed by atoms with Crippen molar-refractivity contribution in [3.05, 3.63) is 35.1 Å². The minimum absolute atomic E-state index is 0.0249. The maximum atomic E-state index is 13.2. The molecule has 1 aromatic rings. The van der Waals surface area contributed by atoms with Crippen LogP contribution in [0.25, 0.3) is 0 Å². The highest BCUT2D eigenvalue weighted by Crippen LogP contribution is 2.36. The zero-order valence-corrected chi connectivity index (χ0v) is 12.5. The van der Waals surface area contributed by atoms with Gasteiger partial charge in [-0.25, -0.2) is 4.39 Å². The average molecular weight is 306 g/mol. The van der Waals surface area contributed by atoms with Crippen LogP contribution in [0.2, 0.25) is 0 Å². The Morgan fingerprint density at radius 1 is 1.29 bits per heavy atom. The second-order valence-electron chi connectivity index (χ2n) is 5.28. The van der Waals surface area contributed by atoms with E-state index >= 15 is 0 Å². The highest BCUT2D eigenvalue weighted by molar-refractivity contribution is 5.33. The van der Waals surface area contributed by atoms with Gasteiger partial charge in [-0.2, -0.15) is 13.2 Å². The zero-order chi connectivity index (χ0) is 16.2. The van der Waals surface area contributed by atoms with Gasteiger partial charge < -0.3 is 5.73 Å². The van der Waals surface area contributed by atoms with E-state index in [-0.39, 0.29) is 18.2 Å². The number of hydrogen-bond acceptors (Lipinski definition) is 2. The maximum absolute atomic E-state index is 13.2. The molecule has 2 nitrogen and oxygen atoms in total. The van der Waals surface area contributed by atoms with Crippen molar-refractivity contribution in [2.45, 2.75) is 44.9 Å². The van der Waals surface area contributed by atoms with Crippen LogP contribution in [0.1, 0.15) is 43.9 Å². The van der Waals surface area contributed by atoms with Crippen molar-refractivity contribution in [2.75, 3.05) is 13.6 Å². The summed E-state index contributed by atoms with van der Waals surface area (Å²) in [5.74, 6) is -0.897. The molecule has 1 aromatic carbocycles. The highest BCUT2D eigenvalue weighted by atomic mass is 19.4. The minimum Gasteiger partial charge on any atom is -0.329 e. The monoisotopic (exact) mass is 306 g/mol. The van der Waals surface area contributed by atoms with Crippen LogP contribution < -0.4 is 5.73 Å². The van der Waals surface area contributed by atoms with Crippen LogP contribution in [0.3, 0.4) is 0 Å². The fourth-order valence-electron chi connectivity index (χ4n) is 2.51. The summed E-state index contributed by atoms with van der Waals surface area (Å²) in [6, 6.07) is 2.27. The van der Waals surface area contributed by atoms with Crippen molar-refractivity contribution in [3.8, 4) is 0 Å². The third-order valence-electron chi connectivity index (χ3n) is 3.80. The number of alkyl halides is 3. The molecule has 0 saturated carbocycles. The maximum Gasteiger partial charge on any atom is 0.416 e. The van der Waals surface area contributed by atoms with Crippen LogP contribution >= 0.6 is 0 Å². The Morgan fingerprint density at radius 2 is 1.90 bits per heavy atom. The van der Waals surface area contributed by atoms with Gasteiger partial charge in [0.15, 0.2) is 0 Å². The van der Waals surface area contributed by atoms with Gasteiger partial charge in [0.2, 0.25) is 0 Å². The smallest absolute Gasteiger partial charge is 0.329 e. The Balaban J connectivity index is 3.22. The first-order valence-corrected chi connectivity index (χ1v) is 7.01. The zero-order valence-electron chi connectivity index (χ0n) is 12.5. The molecule has 0 spiro atoms. The Hall–Kier alpha value is -1.14. The molecule has 0 aromatic heterocycles. The number of rotatable bonds is 6. The first kappa shape index (κ1) is 17.9. The van der Waals surface area contributed by atoms with Crippen molar-refractivity contribution in [2.24, 2.45) is 5.73 Å². The van der Waals surface area contributed by atoms with E-state index in [0.717, 1.165) is 18.9 Å². The van der Waals surface area contributed by atoms with E-state index in [1.807, 2.05) is 18.7 Å². The van der Waals surface area contributed by atoms with Gasteiger partial charge in [-0.3, -0.25) is 4.90 Å². The summed E-state index contributed by atoms with van der Waals surface area (Å²) in [5.41, 5.74) is 4.76. The second kappa shape index (κ2) is 7.22. The van der Waals surface area contributed by atoms with Crippen LogP contribution in [0, 0.1) is 5.82 Å². The molecule has 0 aliphatic carbocycles. The molecular weight excluding hydrogens is 284 g/mol. The summed E-state index contributed by atoms with van der Waals surface area (Å²) in [6.07, 6.45) is -2.81. The van der Waals surface area contributed by atoms with E-state index in [2.05, 4.69) is 0 Å². The average Bonchev–Trinajstić information content (AvgIpc) is 2.40. The molecule has 6 heteroatoms. The number of benzene rings is 1. The van der Waals surface area contributed by atoms with Crippen LogP contribution in [-0.2, 0) is 6.18 Å². The lowest BCUT2D eigenvalue weighted by Gasteiger charge is -2.34. The van der Waals surface area contributed by atoms with Crippen molar-refractivity contribution in [1.29, 1.82) is 0 Å². The predicted octanol–water partition coefficient (Wildman–Crippen LogP) is 3.96. The molecule has 0 saturated heterocycles. The Labute approximate surface area is 122 Å². The third kappa shape index (κ3) is 4.41. The molecular formula is C15H22F4N2. The van der Waals surface area contributed by atoms with Crippen molar-refractivity contribution < 1.29 is 17.6 Å². The molecule has 21 heavy (non-hydrogen) atoms. The van der Waals surface area contributed by atoms with Gasteiger partial charge in [0.25, 0.3) is 0 Å². The fraction of sp³-hybridized carbons (Fsp3) is 0.600. The molecule has 2 unspecified atom stereocenters. The quantitative estimate of drug-likeness (QED) is 0.806. The topological polar surface area (TPSA) is 29.3 Å². The molecule has 2 atom stereocenters. The Kier molecular flexibility index (Phi) is 6.16. The summed E-state index contributed by atoms with van der Waals surface area (Å²) in [5, 5.41) is 0. The lowest BCUT2D eigenvalue weighted by molar-refractivity contribution is -0.139. The summed E-state index contributed by atoms with van der Waals surface area (Å²) in [6.45, 7) is 4.00. The number of nitrogens with two attached hydrogens (primary N) is 1. The van der Waals surface area contributed by atoms with Gasteiger partial charge in [-0.15, -0.1) is 0 Å². The summed E-state index contributed by atoms with van der Waals surface area (Å²) in [4.78, 5) is 1.83. The minimum atomic E-state index is -4.60. The number of halogens is 4. The standard InChI is InChI=1S/C15H22F4N2/c1-4-5-10(2)21(3)14(9-20)12-7-6-11(16)8-13(12)15(17,18)19/h6-8,10,14H,4-5,9,20H2,1-3H3. The first-order valence-electron chi connectivity index (χ1n) is 7.01. The molecule has 0 heterocycles. The number of likely N-dealkylation sites (N-methyl/N-ethyl adjacent to an activating group) is 1. The molecule has 2 N–H and O–H groups in total. The van der Waals surface area contributed by atoms with Gasteiger partial charge in [0, 0.05) is 18.6 Å². The SMILES string of the molecule is CCCC(C)N(C)C(CN)c1ccc(F)cc1C(F)(F)F. The van der Waals surface area contributed by atoms with Crippen molar-refractivity contribution >= 4 is 0 Å². The van der Waals surface area contributed by atoms with Crippen molar-refractivity contribution in [3.63, 3.8) is 0 Å². The highest BCUT2D eigenvalue weighted by Gasteiger charge is 2.36. The first-order chi connectivity index (χ1) is 9.72. The van der Waals surface area contributed by atoms with Crippen LogP contribution in [0.4, 0.5) is 17.6 Å². The van der Waals surface area contributed by atoms with Crippen LogP contribution in [-0.4, -0.2) is 24.5 Å². The molecule has 0 amide bonds. The fourth-order valence-corrected chi connectivity index (χ4v) is 2.51. The molecule has 0 aliphatic heterocycles. The lowest BCUT2D eigenvalue weighted by Crippen LogP contribution is -2.38. The van der Waals surface area contributed by atoms with E-state index in [1.165, 1.54) is 6.07 Å². The molecule has 0 aliphatic rings. The summed E-state index contributed by atoms with van der Waals surface area (Å²) < 4.78 is 52.5. The molecule has 0 fully saturated rings. The molecule has 0 bridgehead atoms. The van der Waals surface area contributed by atoms with E-state index in [0.29, 0.717) is 6.07 Å². The lowest BCUT2D eigenvalue weighted by atomic mass is 9.97. The van der Waals surface area contributed by atoms with Gasteiger partial charge in [0.05, 0.1) is 5.56 Å². The second-order valence-corrected chi connectivity index (χ2v) is 5.28. The van der Waals surface area contributed by atoms with Crippen LogP contribution in [0.5, 0.6) is 0 Å². The Morgan fingerprint density at radius 3 is 2.38 bits per heavy atom. The van der Waals surface area contributed by atoms with Crippen molar-refractivity contribution in [1.82, 2.24) is 4.90 Å². The summed E-state index contributed by atoms with van der Waals surface area (Å²) >= 11 is 0. The van der Waals surface area contributed by atoms with E-state index in [1.54, 1.807) is 7.05 Å². The normalized spacial score (nSPS) is 15.3. The van der Waals surface area contributed by atoms with Gasteiger partial charge >= 0.3 is 6.18 Å². The summed E-state index contributed by atoms with van der Waals surface area (Å²) in [7, 11) is 1.75. The molecule has 1 rings (SSSR count). The van der Waals surface area contributed by atoms with Gasteiger partial charge in [-0.1, -0.05) is 19.4 Å². The molecule has 0 radical (unpaired) electrons.